The monoisotopic (exact) mass is 341 g/mol. The first-order chi connectivity index (χ1) is 11.3. The first-order valence-electron chi connectivity index (χ1n) is 8.34. The molecule has 0 bridgehead atoms. The number of rotatable bonds is 7. The zero-order chi connectivity index (χ0) is 17.6. The average molecular weight is 342 g/mol. The number of amides is 1. The van der Waals surface area contributed by atoms with Gasteiger partial charge in [-0.1, -0.05) is 59.7 Å². The first-order valence-corrected chi connectivity index (χ1v) is 9.49. The molecule has 0 saturated carbocycles. The van der Waals surface area contributed by atoms with Gasteiger partial charge in [0.05, 0.1) is 5.75 Å². The van der Waals surface area contributed by atoms with Crippen molar-refractivity contribution in [1.29, 1.82) is 0 Å². The lowest BCUT2D eigenvalue weighted by Gasteiger charge is -2.26. The maximum Gasteiger partial charge on any atom is 0.230 e. The van der Waals surface area contributed by atoms with Crippen LogP contribution in [0.5, 0.6) is 0 Å². The Hall–Kier alpha value is -1.74. The molecule has 3 heteroatoms. The first kappa shape index (κ1) is 18.6. The van der Waals surface area contributed by atoms with E-state index in [2.05, 4.69) is 63.3 Å². The van der Waals surface area contributed by atoms with Crippen LogP contribution >= 0.6 is 11.8 Å². The van der Waals surface area contributed by atoms with Crippen LogP contribution in [0.15, 0.2) is 48.5 Å². The van der Waals surface area contributed by atoms with Gasteiger partial charge in [0.15, 0.2) is 0 Å². The highest BCUT2D eigenvalue weighted by atomic mass is 32.2. The van der Waals surface area contributed by atoms with Gasteiger partial charge in [0.1, 0.15) is 0 Å². The minimum atomic E-state index is -0.237. The molecule has 2 nitrogen and oxygen atoms in total. The summed E-state index contributed by atoms with van der Waals surface area (Å²) in [4.78, 5) is 12.2. The Kier molecular flexibility index (Phi) is 6.50. The van der Waals surface area contributed by atoms with Crippen molar-refractivity contribution in [2.24, 2.45) is 0 Å². The van der Waals surface area contributed by atoms with Crippen LogP contribution in [0.4, 0.5) is 0 Å². The molecule has 1 amide bonds. The molecule has 0 aliphatic heterocycles. The van der Waals surface area contributed by atoms with Gasteiger partial charge in [-0.05, 0) is 45.2 Å². The molecule has 2 aromatic rings. The van der Waals surface area contributed by atoms with Crippen LogP contribution in [0.2, 0.25) is 0 Å². The van der Waals surface area contributed by atoms with Crippen molar-refractivity contribution in [1.82, 2.24) is 5.32 Å². The Labute approximate surface area is 150 Å². The number of hydrogen-bond donors (Lipinski definition) is 1. The van der Waals surface area contributed by atoms with E-state index in [0.717, 1.165) is 12.2 Å². The number of benzene rings is 2. The number of thioether (sulfide) groups is 1. The van der Waals surface area contributed by atoms with Gasteiger partial charge < -0.3 is 5.32 Å². The van der Waals surface area contributed by atoms with E-state index in [4.69, 9.17) is 0 Å². The maximum absolute atomic E-state index is 12.2. The van der Waals surface area contributed by atoms with Gasteiger partial charge in [0.2, 0.25) is 5.91 Å². The Morgan fingerprint density at radius 3 is 2.25 bits per heavy atom. The highest BCUT2D eigenvalue weighted by Gasteiger charge is 2.20. The lowest BCUT2D eigenvalue weighted by molar-refractivity contribution is -0.120. The number of hydrogen-bond acceptors (Lipinski definition) is 2. The number of nitrogens with one attached hydrogen (secondary N) is 1. The predicted molar refractivity (Wildman–Crippen MR) is 104 cm³/mol. The van der Waals surface area contributed by atoms with Gasteiger partial charge in [0, 0.05) is 11.3 Å². The third kappa shape index (κ3) is 6.40. The second kappa shape index (κ2) is 8.39. The molecule has 0 unspecified atom stereocenters. The van der Waals surface area contributed by atoms with Gasteiger partial charge >= 0.3 is 0 Å². The van der Waals surface area contributed by atoms with E-state index in [9.17, 15) is 4.79 Å². The molecule has 0 fully saturated rings. The van der Waals surface area contributed by atoms with E-state index >= 15 is 0 Å². The van der Waals surface area contributed by atoms with E-state index in [1.165, 1.54) is 22.3 Å². The second-order valence-electron chi connectivity index (χ2n) is 7.08. The van der Waals surface area contributed by atoms with Crippen LogP contribution < -0.4 is 5.32 Å². The van der Waals surface area contributed by atoms with E-state index in [1.807, 2.05) is 18.2 Å². The van der Waals surface area contributed by atoms with Gasteiger partial charge in [-0.25, -0.2) is 0 Å². The minimum Gasteiger partial charge on any atom is -0.350 e. The Morgan fingerprint density at radius 2 is 1.62 bits per heavy atom. The second-order valence-corrected chi connectivity index (χ2v) is 8.07. The molecule has 2 aromatic carbocycles. The molecule has 1 N–H and O–H groups in total. The Balaban J connectivity index is 1.80. The number of carbonyl (C=O) groups excluding carboxylic acids is 1. The molecule has 2 rings (SSSR count). The van der Waals surface area contributed by atoms with E-state index in [0.29, 0.717) is 5.75 Å². The summed E-state index contributed by atoms with van der Waals surface area (Å²) in [5.41, 5.74) is 4.84. The van der Waals surface area contributed by atoms with Crippen LogP contribution in [0.25, 0.3) is 0 Å². The van der Waals surface area contributed by atoms with Crippen LogP contribution in [0.3, 0.4) is 0 Å². The highest BCUT2D eigenvalue weighted by molar-refractivity contribution is 7.99. The molecular formula is C21H27NOS. The smallest absolute Gasteiger partial charge is 0.230 e. The van der Waals surface area contributed by atoms with Crippen molar-refractivity contribution < 1.29 is 4.79 Å². The summed E-state index contributed by atoms with van der Waals surface area (Å²) in [5.74, 6) is 1.46. The summed E-state index contributed by atoms with van der Waals surface area (Å²) in [5, 5.41) is 3.15. The third-order valence-corrected chi connectivity index (χ3v) is 4.75. The van der Waals surface area contributed by atoms with Crippen molar-refractivity contribution in [3.8, 4) is 0 Å². The van der Waals surface area contributed by atoms with Crippen molar-refractivity contribution in [3.63, 3.8) is 0 Å². The van der Waals surface area contributed by atoms with Crippen molar-refractivity contribution in [3.05, 3.63) is 70.8 Å². The fourth-order valence-electron chi connectivity index (χ4n) is 2.98. The lowest BCUT2D eigenvalue weighted by Crippen LogP contribution is -2.45. The molecule has 0 aromatic heterocycles. The van der Waals surface area contributed by atoms with Gasteiger partial charge in [-0.2, -0.15) is 0 Å². The number of aryl methyl sites for hydroxylation is 2. The molecule has 0 atom stereocenters. The molecule has 128 valence electrons. The molecule has 0 aliphatic carbocycles. The molecule has 0 spiro atoms. The van der Waals surface area contributed by atoms with E-state index in [1.54, 1.807) is 11.8 Å². The van der Waals surface area contributed by atoms with Crippen LogP contribution in [-0.4, -0.2) is 17.2 Å². The lowest BCUT2D eigenvalue weighted by atomic mass is 9.95. The maximum atomic E-state index is 12.2. The summed E-state index contributed by atoms with van der Waals surface area (Å²) in [6, 6.07) is 16.8. The van der Waals surface area contributed by atoms with E-state index in [-0.39, 0.29) is 11.4 Å². The van der Waals surface area contributed by atoms with Crippen LogP contribution in [0, 0.1) is 13.8 Å². The SMILES string of the molecule is Cc1cc(C)cc(CSCC(=O)NC(C)(C)Cc2ccccc2)c1. The fourth-order valence-corrected chi connectivity index (χ4v) is 3.74. The van der Waals surface area contributed by atoms with Crippen molar-refractivity contribution >= 4 is 17.7 Å². The normalized spacial score (nSPS) is 11.3. The summed E-state index contributed by atoms with van der Waals surface area (Å²) in [6.45, 7) is 8.37. The summed E-state index contributed by atoms with van der Waals surface area (Å²) in [6.07, 6.45) is 0.835. The van der Waals surface area contributed by atoms with Crippen molar-refractivity contribution in [2.45, 2.75) is 45.4 Å². The largest absolute Gasteiger partial charge is 0.350 e. The topological polar surface area (TPSA) is 29.1 Å². The fraction of sp³-hybridized carbons (Fsp3) is 0.381. The molecule has 0 saturated heterocycles. The van der Waals surface area contributed by atoms with Gasteiger partial charge in [0.25, 0.3) is 0 Å². The zero-order valence-electron chi connectivity index (χ0n) is 15.1. The standard InChI is InChI=1S/C21H27NOS/c1-16-10-17(2)12-19(11-16)14-24-15-20(23)22-21(3,4)13-18-8-6-5-7-9-18/h5-12H,13-15H2,1-4H3,(H,22,23). The summed E-state index contributed by atoms with van der Waals surface area (Å²) < 4.78 is 0. The number of carbonyl (C=O) groups is 1. The van der Waals surface area contributed by atoms with Gasteiger partial charge in [-0.3, -0.25) is 4.79 Å². The van der Waals surface area contributed by atoms with E-state index < -0.39 is 0 Å². The van der Waals surface area contributed by atoms with Crippen molar-refractivity contribution in [2.75, 3.05) is 5.75 Å². The molecule has 0 aliphatic rings. The summed E-state index contributed by atoms with van der Waals surface area (Å²) in [7, 11) is 0. The molecule has 0 heterocycles. The minimum absolute atomic E-state index is 0.102. The molecule has 0 radical (unpaired) electrons. The predicted octanol–water partition coefficient (Wildman–Crippen LogP) is 4.67. The highest BCUT2D eigenvalue weighted by Crippen LogP contribution is 2.17. The zero-order valence-corrected chi connectivity index (χ0v) is 15.9. The van der Waals surface area contributed by atoms with Crippen LogP contribution in [-0.2, 0) is 17.0 Å². The van der Waals surface area contributed by atoms with Crippen LogP contribution in [0.1, 0.15) is 36.1 Å². The average Bonchev–Trinajstić information content (AvgIpc) is 2.46. The summed E-state index contributed by atoms with van der Waals surface area (Å²) >= 11 is 1.67. The van der Waals surface area contributed by atoms with Gasteiger partial charge in [-0.15, -0.1) is 11.8 Å². The Bertz CT molecular complexity index is 659. The third-order valence-electron chi connectivity index (χ3n) is 3.75. The quantitative estimate of drug-likeness (QED) is 0.792. The Morgan fingerprint density at radius 1 is 1.00 bits per heavy atom. The molecular weight excluding hydrogens is 314 g/mol. The molecule has 24 heavy (non-hydrogen) atoms.